The van der Waals surface area contributed by atoms with E-state index in [4.69, 9.17) is 0 Å². The van der Waals surface area contributed by atoms with E-state index in [0.29, 0.717) is 0 Å². The second-order valence-electron chi connectivity index (χ2n) is 5.85. The summed E-state index contributed by atoms with van der Waals surface area (Å²) in [7, 11) is 0. The molecule has 20 radical (unpaired) electrons. The van der Waals surface area contributed by atoms with Crippen molar-refractivity contribution in [2.24, 2.45) is 0 Å². The van der Waals surface area contributed by atoms with Gasteiger partial charge in [-0.05, 0) is 127 Å². The van der Waals surface area contributed by atoms with E-state index in [1.165, 1.54) is 23.0 Å². The fourth-order valence-corrected chi connectivity index (χ4v) is 2.65. The van der Waals surface area contributed by atoms with Crippen LogP contribution in [0.2, 0.25) is 0 Å². The van der Waals surface area contributed by atoms with Crippen molar-refractivity contribution in [3.63, 3.8) is 0 Å². The van der Waals surface area contributed by atoms with Crippen LogP contribution < -0.4 is 0 Å². The van der Waals surface area contributed by atoms with Crippen molar-refractivity contribution in [2.75, 3.05) is 0 Å². The molecular weight excluding hydrogens is 424 g/mol. The van der Waals surface area contributed by atoms with E-state index in [0.717, 1.165) is 0 Å². The van der Waals surface area contributed by atoms with Gasteiger partial charge in [0.05, 0.1) is 0 Å². The third-order valence-electron chi connectivity index (χ3n) is 3.97. The third kappa shape index (κ3) is 9.38. The van der Waals surface area contributed by atoms with Gasteiger partial charge in [-0.25, -0.2) is 0 Å². The first kappa shape index (κ1) is 26.3. The average molecular weight is 446 g/mol. The topological polar surface area (TPSA) is 0 Å². The molecule has 0 spiro atoms. The summed E-state index contributed by atoms with van der Waals surface area (Å²) >= 11 is 0. The molecule has 0 aliphatic heterocycles. The summed E-state index contributed by atoms with van der Waals surface area (Å²) in [4.78, 5) is 0. The molecule has 0 unspecified atom stereocenters. The molecule has 0 saturated heterocycles. The van der Waals surface area contributed by atoms with Crippen LogP contribution in [0.5, 0.6) is 0 Å². The Kier molecular flexibility index (Phi) is 15.0. The van der Waals surface area contributed by atoms with Gasteiger partial charge in [-0.1, -0.05) is 24.3 Å². The number of hydrogen-bond donors (Lipinski definition) is 0. The van der Waals surface area contributed by atoms with Crippen LogP contribution >= 0.6 is 0 Å². The van der Waals surface area contributed by atoms with Crippen molar-refractivity contribution < 1.29 is 34.1 Å². The molecule has 0 bridgehead atoms. The van der Waals surface area contributed by atoms with Gasteiger partial charge in [0.2, 0.25) is 0 Å². The second-order valence-corrected chi connectivity index (χ2v) is 5.85. The fraction of sp³-hybridized carbons (Fsp3) is 0. The molecule has 4 saturated carbocycles. The van der Waals surface area contributed by atoms with E-state index in [9.17, 15) is 0 Å². The Morgan fingerprint density at radius 2 is 0.643 bits per heavy atom. The number of hydrogen-bond acceptors (Lipinski definition) is 0. The maximum atomic E-state index is 2.24. The number of rotatable bonds is 2. The Morgan fingerprint density at radius 1 is 0.357 bits per heavy atom. The van der Waals surface area contributed by atoms with Gasteiger partial charge in [0.15, 0.2) is 0 Å². The monoisotopic (exact) mass is 446 g/mol. The van der Waals surface area contributed by atoms with E-state index >= 15 is 0 Å². The smallest absolute Gasteiger partial charge is 0.0617 e. The van der Waals surface area contributed by atoms with Crippen LogP contribution in [-0.4, -0.2) is 0 Å². The summed E-state index contributed by atoms with van der Waals surface area (Å²) in [6.45, 7) is 0. The van der Waals surface area contributed by atoms with E-state index in [1.54, 1.807) is 0 Å². The zero-order valence-corrected chi connectivity index (χ0v) is 17.6. The molecule has 0 heterocycles. The molecule has 138 valence electrons. The van der Waals surface area contributed by atoms with Gasteiger partial charge >= 0.3 is 34.1 Å². The standard InChI is InChI=1S/C16H12.2C5H5.2Fe/c1-2-7-13(6-1)15-10-5-11-16(12-15)14-8-3-4-9-14;2*1-2-4-5-3-1;;/h1-12H;2*1-5H;;/q;;;2*+2. The Bertz CT molecular complexity index is 422. The molecule has 4 aliphatic carbocycles. The molecule has 5 rings (SSSR count). The molecule has 28 heavy (non-hydrogen) atoms. The molecule has 2 heteroatoms. The maximum absolute atomic E-state index is 2.24. The zero-order chi connectivity index (χ0) is 17.9. The minimum atomic E-state index is 0. The molecular formula is C26H22Fe2+4. The van der Waals surface area contributed by atoms with Crippen LogP contribution in [0.3, 0.4) is 0 Å². The van der Waals surface area contributed by atoms with Gasteiger partial charge in [-0.2, -0.15) is 0 Å². The fourth-order valence-electron chi connectivity index (χ4n) is 2.65. The minimum absolute atomic E-state index is 0. The van der Waals surface area contributed by atoms with Crippen LogP contribution in [-0.2, 0) is 34.1 Å². The number of benzene rings is 1. The van der Waals surface area contributed by atoms with Gasteiger partial charge < -0.3 is 0 Å². The minimum Gasteiger partial charge on any atom is -0.0617 e. The summed E-state index contributed by atoms with van der Waals surface area (Å²) < 4.78 is 0. The van der Waals surface area contributed by atoms with Crippen molar-refractivity contribution >= 4 is 0 Å². The summed E-state index contributed by atoms with van der Waals surface area (Å²) in [5.74, 6) is 2.57. The van der Waals surface area contributed by atoms with Gasteiger partial charge in [0.1, 0.15) is 0 Å². The second kappa shape index (κ2) is 16.0. The molecule has 0 atom stereocenters. The molecule has 0 nitrogen and oxygen atoms in total. The van der Waals surface area contributed by atoms with E-state index in [1.807, 2.05) is 64.2 Å². The van der Waals surface area contributed by atoms with Gasteiger partial charge in [0, 0.05) is 11.8 Å². The molecule has 0 aromatic heterocycles. The first-order valence-electron chi connectivity index (χ1n) is 8.81. The third-order valence-corrected chi connectivity index (χ3v) is 3.97. The molecule has 4 aliphatic rings. The van der Waals surface area contributed by atoms with Crippen LogP contribution in [0.25, 0.3) is 0 Å². The molecule has 0 amide bonds. The van der Waals surface area contributed by atoms with Crippen molar-refractivity contribution in [3.8, 4) is 0 Å². The predicted octanol–water partition coefficient (Wildman–Crippen LogP) is 5.23. The first-order valence-corrected chi connectivity index (χ1v) is 8.81. The predicted molar refractivity (Wildman–Crippen MR) is 109 cm³/mol. The van der Waals surface area contributed by atoms with Crippen molar-refractivity contribution in [1.82, 2.24) is 0 Å². The Morgan fingerprint density at radius 3 is 0.929 bits per heavy atom. The Hall–Kier alpha value is 0.259. The van der Waals surface area contributed by atoms with E-state index < -0.39 is 0 Å². The summed E-state index contributed by atoms with van der Waals surface area (Å²) in [5.41, 5.74) is 2.56. The maximum Gasteiger partial charge on any atom is 2.00 e. The van der Waals surface area contributed by atoms with Crippen LogP contribution in [0, 0.1) is 127 Å². The van der Waals surface area contributed by atoms with Crippen molar-refractivity contribution in [3.05, 3.63) is 163 Å². The van der Waals surface area contributed by atoms with Gasteiger partial charge in [0.25, 0.3) is 0 Å². The van der Waals surface area contributed by atoms with Gasteiger partial charge in [-0.15, -0.1) is 0 Å². The Labute approximate surface area is 196 Å². The molecule has 0 N–H and O–H groups in total. The SMILES string of the molecule is [CH]1[CH][CH][CH][CH]1.[CH]1[CH][CH][CH][CH]1.[CH]1[CH][CH][C](c2cccc([C]3[CH][CH][CH][CH]3)c2)[CH]1.[Fe+2].[Fe+2]. The largest absolute Gasteiger partial charge is 2.00 e. The molecule has 1 aromatic rings. The first-order chi connectivity index (χ1) is 12.9. The summed E-state index contributed by atoms with van der Waals surface area (Å²) in [6, 6.07) is 8.67. The Balaban J connectivity index is 0.000000271. The average Bonchev–Trinajstić information content (AvgIpc) is 3.50. The summed E-state index contributed by atoms with van der Waals surface area (Å²) in [5, 5.41) is 0. The van der Waals surface area contributed by atoms with E-state index in [2.05, 4.69) is 75.6 Å². The molecule has 1 aromatic carbocycles. The van der Waals surface area contributed by atoms with Crippen LogP contribution in [0.1, 0.15) is 11.1 Å². The summed E-state index contributed by atoms with van der Waals surface area (Å²) in [6.07, 6.45) is 36.9. The normalized spacial score (nSPS) is 21.7. The van der Waals surface area contributed by atoms with Crippen molar-refractivity contribution in [2.45, 2.75) is 0 Å². The van der Waals surface area contributed by atoms with Crippen LogP contribution in [0.4, 0.5) is 0 Å². The van der Waals surface area contributed by atoms with Gasteiger partial charge in [-0.3, -0.25) is 0 Å². The van der Waals surface area contributed by atoms with Crippen molar-refractivity contribution in [1.29, 1.82) is 0 Å². The van der Waals surface area contributed by atoms with E-state index in [-0.39, 0.29) is 34.1 Å². The molecule has 4 fully saturated rings. The quantitative estimate of drug-likeness (QED) is 0.546. The zero-order valence-electron chi connectivity index (χ0n) is 15.4. The van der Waals surface area contributed by atoms with Crippen LogP contribution in [0.15, 0.2) is 24.3 Å².